The predicted molar refractivity (Wildman–Crippen MR) is 128 cm³/mol. The van der Waals surface area contributed by atoms with E-state index in [1.807, 2.05) is 20.8 Å². The molecule has 0 radical (unpaired) electrons. The Balaban J connectivity index is 1.53. The first-order valence-electron chi connectivity index (χ1n) is 11.3. The molecule has 3 N–H and O–H groups in total. The molecule has 0 bridgehead atoms. The number of halogens is 2. The number of nitrogens with zero attached hydrogens (tertiary/aromatic N) is 4. The van der Waals surface area contributed by atoms with Crippen molar-refractivity contribution in [3.8, 4) is 11.4 Å². The topological polar surface area (TPSA) is 98.8 Å². The summed E-state index contributed by atoms with van der Waals surface area (Å²) >= 11 is 6.10. The molecule has 1 saturated carbocycles. The van der Waals surface area contributed by atoms with Crippen LogP contribution in [0.2, 0.25) is 5.02 Å². The zero-order chi connectivity index (χ0) is 23.6. The van der Waals surface area contributed by atoms with Gasteiger partial charge in [0.25, 0.3) is 0 Å². The van der Waals surface area contributed by atoms with Crippen LogP contribution in [0.25, 0.3) is 22.4 Å². The van der Waals surface area contributed by atoms with Crippen molar-refractivity contribution in [1.82, 2.24) is 30.2 Å². The van der Waals surface area contributed by atoms with Crippen LogP contribution in [0.1, 0.15) is 46.5 Å². The van der Waals surface area contributed by atoms with Gasteiger partial charge in [0.1, 0.15) is 5.65 Å². The SMILES string of the molecule is CCN(CC)C(=O)N[C@]1(C)CCC[C@H](Nc2nc(-c3c[nH]c4ncc(Cl)cc34)ncc2F)C1. The number of rotatable bonds is 6. The number of amides is 2. The van der Waals surface area contributed by atoms with Crippen LogP contribution in [0.5, 0.6) is 0 Å². The molecular weight excluding hydrogens is 445 g/mol. The molecule has 3 aromatic rings. The van der Waals surface area contributed by atoms with Gasteiger partial charge >= 0.3 is 6.03 Å². The quantitative estimate of drug-likeness (QED) is 0.469. The number of aromatic nitrogens is 4. The van der Waals surface area contributed by atoms with Crippen LogP contribution in [0.15, 0.2) is 24.7 Å². The Bertz CT molecular complexity index is 1150. The summed E-state index contributed by atoms with van der Waals surface area (Å²) in [6.45, 7) is 7.29. The second kappa shape index (κ2) is 9.51. The molecule has 33 heavy (non-hydrogen) atoms. The maximum absolute atomic E-state index is 14.6. The van der Waals surface area contributed by atoms with E-state index in [0.717, 1.165) is 24.6 Å². The maximum Gasteiger partial charge on any atom is 0.317 e. The first-order chi connectivity index (χ1) is 15.8. The van der Waals surface area contributed by atoms with Gasteiger partial charge in [0.05, 0.1) is 11.2 Å². The van der Waals surface area contributed by atoms with Gasteiger partial charge in [-0.3, -0.25) is 0 Å². The summed E-state index contributed by atoms with van der Waals surface area (Å²) in [5.41, 5.74) is 0.980. The fourth-order valence-electron chi connectivity index (χ4n) is 4.53. The summed E-state index contributed by atoms with van der Waals surface area (Å²) in [5, 5.41) is 7.70. The van der Waals surface area contributed by atoms with Gasteiger partial charge in [-0.1, -0.05) is 11.6 Å². The van der Waals surface area contributed by atoms with Crippen LogP contribution >= 0.6 is 11.6 Å². The monoisotopic (exact) mass is 473 g/mol. The van der Waals surface area contributed by atoms with Crippen molar-refractivity contribution < 1.29 is 9.18 Å². The van der Waals surface area contributed by atoms with E-state index in [2.05, 4.69) is 30.6 Å². The van der Waals surface area contributed by atoms with Crippen molar-refractivity contribution in [3.05, 3.63) is 35.5 Å². The number of carbonyl (C=O) groups is 1. The molecule has 176 valence electrons. The molecule has 4 rings (SSSR count). The van der Waals surface area contributed by atoms with Crippen LogP contribution < -0.4 is 10.6 Å². The van der Waals surface area contributed by atoms with E-state index in [4.69, 9.17) is 11.6 Å². The van der Waals surface area contributed by atoms with Crippen LogP contribution in [0.3, 0.4) is 0 Å². The van der Waals surface area contributed by atoms with Gasteiger partial charge in [0.2, 0.25) is 0 Å². The predicted octanol–water partition coefficient (Wildman–Crippen LogP) is 4.98. The molecule has 1 aliphatic carbocycles. The summed E-state index contributed by atoms with van der Waals surface area (Å²) in [7, 11) is 0. The number of aromatic amines is 1. The number of H-pyrrole nitrogens is 1. The lowest BCUT2D eigenvalue weighted by Crippen LogP contribution is -2.55. The molecule has 3 heterocycles. The second-order valence-electron chi connectivity index (χ2n) is 8.74. The van der Waals surface area contributed by atoms with Crippen molar-refractivity contribution in [1.29, 1.82) is 0 Å². The van der Waals surface area contributed by atoms with Gasteiger partial charge in [-0.2, -0.15) is 0 Å². The molecule has 0 aromatic carbocycles. The molecule has 0 spiro atoms. The fourth-order valence-corrected chi connectivity index (χ4v) is 4.68. The average Bonchev–Trinajstić information content (AvgIpc) is 3.19. The van der Waals surface area contributed by atoms with Gasteiger partial charge in [-0.05, 0) is 52.5 Å². The van der Waals surface area contributed by atoms with E-state index in [1.54, 1.807) is 23.4 Å². The van der Waals surface area contributed by atoms with Crippen molar-refractivity contribution >= 4 is 34.5 Å². The first-order valence-corrected chi connectivity index (χ1v) is 11.7. The number of nitrogens with one attached hydrogen (secondary N) is 3. The largest absolute Gasteiger partial charge is 0.365 e. The summed E-state index contributed by atoms with van der Waals surface area (Å²) in [4.78, 5) is 30.3. The van der Waals surface area contributed by atoms with E-state index in [9.17, 15) is 9.18 Å². The zero-order valence-corrected chi connectivity index (χ0v) is 19.8. The van der Waals surface area contributed by atoms with Gasteiger partial charge < -0.3 is 20.5 Å². The van der Waals surface area contributed by atoms with E-state index < -0.39 is 5.82 Å². The van der Waals surface area contributed by atoms with Crippen LogP contribution in [0.4, 0.5) is 15.0 Å². The number of hydrogen-bond acceptors (Lipinski definition) is 5. The summed E-state index contributed by atoms with van der Waals surface area (Å²) in [5.74, 6) is 0.00508. The van der Waals surface area contributed by atoms with E-state index in [0.29, 0.717) is 41.6 Å². The van der Waals surface area contributed by atoms with Crippen molar-refractivity contribution in [2.24, 2.45) is 0 Å². The molecule has 2 atom stereocenters. The maximum atomic E-state index is 14.6. The highest BCUT2D eigenvalue weighted by Crippen LogP contribution is 2.32. The van der Waals surface area contributed by atoms with E-state index in [-0.39, 0.29) is 23.4 Å². The highest BCUT2D eigenvalue weighted by atomic mass is 35.5. The molecule has 1 aliphatic rings. The highest BCUT2D eigenvalue weighted by molar-refractivity contribution is 6.31. The summed E-state index contributed by atoms with van der Waals surface area (Å²) < 4.78 is 14.6. The minimum atomic E-state index is -0.519. The average molecular weight is 474 g/mol. The Hall–Kier alpha value is -2.94. The van der Waals surface area contributed by atoms with Crippen LogP contribution in [0, 0.1) is 5.82 Å². The van der Waals surface area contributed by atoms with Crippen molar-refractivity contribution in [2.75, 3.05) is 18.4 Å². The Morgan fingerprint density at radius 2 is 2.12 bits per heavy atom. The third-order valence-corrected chi connectivity index (χ3v) is 6.47. The van der Waals surface area contributed by atoms with Gasteiger partial charge in [-0.15, -0.1) is 0 Å². The number of hydrogen-bond donors (Lipinski definition) is 3. The molecule has 2 amide bonds. The smallest absolute Gasteiger partial charge is 0.317 e. The fraction of sp³-hybridized carbons (Fsp3) is 0.478. The minimum Gasteiger partial charge on any atom is -0.365 e. The number of urea groups is 1. The molecule has 0 saturated heterocycles. The number of carbonyl (C=O) groups excluding carboxylic acids is 1. The van der Waals surface area contributed by atoms with Crippen molar-refractivity contribution in [2.45, 2.75) is 58.0 Å². The second-order valence-corrected chi connectivity index (χ2v) is 9.18. The third-order valence-electron chi connectivity index (χ3n) is 6.26. The normalized spacial score (nSPS) is 20.6. The van der Waals surface area contributed by atoms with Gasteiger partial charge in [0, 0.05) is 48.0 Å². The lowest BCUT2D eigenvalue weighted by atomic mass is 9.80. The van der Waals surface area contributed by atoms with E-state index >= 15 is 0 Å². The van der Waals surface area contributed by atoms with E-state index in [1.165, 1.54) is 6.20 Å². The molecule has 3 aromatic heterocycles. The Morgan fingerprint density at radius 1 is 1.33 bits per heavy atom. The zero-order valence-electron chi connectivity index (χ0n) is 19.1. The van der Waals surface area contributed by atoms with Gasteiger partial charge in [0.15, 0.2) is 17.5 Å². The van der Waals surface area contributed by atoms with Crippen LogP contribution in [-0.2, 0) is 0 Å². The Morgan fingerprint density at radius 3 is 2.88 bits per heavy atom. The number of fused-ring (bicyclic) bond motifs is 1. The Labute approximate surface area is 197 Å². The molecule has 1 fully saturated rings. The summed E-state index contributed by atoms with van der Waals surface area (Å²) in [6, 6.07) is 1.68. The highest BCUT2D eigenvalue weighted by Gasteiger charge is 2.35. The molecular formula is C23H29ClFN7O. The summed E-state index contributed by atoms with van der Waals surface area (Å²) in [6.07, 6.45) is 7.80. The molecule has 0 unspecified atom stereocenters. The number of pyridine rings is 1. The first kappa shape index (κ1) is 23.2. The molecule has 8 nitrogen and oxygen atoms in total. The van der Waals surface area contributed by atoms with Crippen molar-refractivity contribution in [3.63, 3.8) is 0 Å². The van der Waals surface area contributed by atoms with Crippen LogP contribution in [-0.4, -0.2) is 55.5 Å². The molecule has 10 heteroatoms. The lowest BCUT2D eigenvalue weighted by molar-refractivity contribution is 0.175. The Kier molecular flexibility index (Phi) is 6.69. The minimum absolute atomic E-state index is 0.0305. The number of anilines is 1. The molecule has 0 aliphatic heterocycles. The van der Waals surface area contributed by atoms with Gasteiger partial charge in [-0.25, -0.2) is 24.1 Å². The lowest BCUT2D eigenvalue weighted by Gasteiger charge is -2.40. The third kappa shape index (κ3) is 5.03. The standard InChI is InChI=1S/C23H29ClFN7O/c1-4-32(5-2)22(33)31-23(3)8-6-7-15(10-23)29-21-18(25)13-28-20(30-21)17-12-27-19-16(17)9-14(24)11-26-19/h9,11-13,15H,4-8,10H2,1-3H3,(H,26,27)(H,31,33)(H,28,29,30)/t15-,23+/m0/s1.